The summed E-state index contributed by atoms with van der Waals surface area (Å²) in [5.41, 5.74) is 7.22. The second-order valence-electron chi connectivity index (χ2n) is 6.36. The molecule has 0 aliphatic carbocycles. The number of para-hydroxylation sites is 1. The van der Waals surface area contributed by atoms with Gasteiger partial charge in [-0.1, -0.05) is 59.6 Å². The fraction of sp³-hybridized carbons (Fsp3) is 0.174. The maximum absolute atomic E-state index is 6.15. The van der Waals surface area contributed by atoms with Crippen LogP contribution >= 0.6 is 11.6 Å². The van der Waals surface area contributed by atoms with Gasteiger partial charge in [0.1, 0.15) is 18.1 Å². The molecular weight excluding hydrogens is 372 g/mol. The number of hydrogen-bond donors (Lipinski definition) is 1. The second kappa shape index (κ2) is 9.81. The van der Waals surface area contributed by atoms with Crippen LogP contribution in [0.5, 0.6) is 11.5 Å². The molecule has 144 valence electrons. The summed E-state index contributed by atoms with van der Waals surface area (Å²) in [5, 5.41) is 4.94. The van der Waals surface area contributed by atoms with Crippen LogP contribution in [-0.2, 0) is 13.2 Å². The highest BCUT2D eigenvalue weighted by molar-refractivity contribution is 6.30. The molecule has 0 saturated carbocycles. The number of nitrogens with zero attached hydrogens (tertiary/aromatic N) is 1. The number of benzene rings is 3. The van der Waals surface area contributed by atoms with Gasteiger partial charge in [-0.05, 0) is 36.8 Å². The smallest absolute Gasteiger partial charge is 0.128 e. The lowest BCUT2D eigenvalue weighted by molar-refractivity contribution is 0.306. The summed E-state index contributed by atoms with van der Waals surface area (Å²) in [4.78, 5) is 0. The first-order valence-corrected chi connectivity index (χ1v) is 9.39. The average Bonchev–Trinajstić information content (AvgIpc) is 2.72. The zero-order chi connectivity index (χ0) is 19.8. The van der Waals surface area contributed by atoms with E-state index in [1.165, 1.54) is 5.56 Å². The Balaban J connectivity index is 1.64. The molecule has 28 heavy (non-hydrogen) atoms. The van der Waals surface area contributed by atoms with Crippen LogP contribution in [0.4, 0.5) is 0 Å². The van der Waals surface area contributed by atoms with E-state index in [1.807, 2.05) is 42.5 Å². The molecule has 0 bridgehead atoms. The largest absolute Gasteiger partial charge is 0.496 e. The molecule has 3 aromatic rings. The number of aryl methyl sites for hydroxylation is 1. The third kappa shape index (κ3) is 5.51. The van der Waals surface area contributed by atoms with Gasteiger partial charge in [0.15, 0.2) is 0 Å². The van der Waals surface area contributed by atoms with Gasteiger partial charge < -0.3 is 14.9 Å². The summed E-state index contributed by atoms with van der Waals surface area (Å²) in [5.74, 6) is 1.56. The number of hydrazone groups is 1. The molecule has 0 heterocycles. The van der Waals surface area contributed by atoms with Crippen LogP contribution in [-0.4, -0.2) is 13.3 Å². The molecule has 0 fully saturated rings. The molecule has 0 aliphatic rings. The summed E-state index contributed by atoms with van der Waals surface area (Å²) in [6, 6.07) is 21.6. The van der Waals surface area contributed by atoms with E-state index in [1.54, 1.807) is 13.3 Å². The molecule has 0 aromatic heterocycles. The predicted molar refractivity (Wildman–Crippen MR) is 114 cm³/mol. The zero-order valence-corrected chi connectivity index (χ0v) is 16.7. The van der Waals surface area contributed by atoms with E-state index in [4.69, 9.17) is 21.1 Å². The molecule has 4 nitrogen and oxygen atoms in total. The van der Waals surface area contributed by atoms with Crippen molar-refractivity contribution >= 4 is 17.8 Å². The van der Waals surface area contributed by atoms with Crippen LogP contribution in [0.2, 0.25) is 5.02 Å². The fourth-order valence-corrected chi connectivity index (χ4v) is 2.87. The van der Waals surface area contributed by atoms with Gasteiger partial charge in [0.05, 0.1) is 19.9 Å². The molecule has 0 amide bonds. The monoisotopic (exact) mass is 394 g/mol. The van der Waals surface area contributed by atoms with Crippen molar-refractivity contribution in [2.75, 3.05) is 7.11 Å². The molecule has 1 N–H and O–H groups in total. The second-order valence-corrected chi connectivity index (χ2v) is 6.80. The molecule has 0 aliphatic heterocycles. The highest BCUT2D eigenvalue weighted by atomic mass is 35.5. The molecule has 5 heteroatoms. The van der Waals surface area contributed by atoms with Crippen molar-refractivity contribution in [1.82, 2.24) is 5.43 Å². The van der Waals surface area contributed by atoms with Crippen molar-refractivity contribution in [3.8, 4) is 11.5 Å². The standard InChI is InChI=1S/C23H23ClN2O2/c1-17-7-9-18(10-8-17)16-28-23-12-11-21(24)13-20(23)15-26-25-14-19-5-3-4-6-22(19)27-2/h3-13,15,25H,14,16H2,1-2H3/b26-15-. The molecule has 3 aromatic carbocycles. The van der Waals surface area contributed by atoms with Crippen molar-refractivity contribution in [2.45, 2.75) is 20.1 Å². The lowest BCUT2D eigenvalue weighted by Crippen LogP contribution is -2.07. The molecule has 0 spiro atoms. The van der Waals surface area contributed by atoms with Gasteiger partial charge in [0.2, 0.25) is 0 Å². The summed E-state index contributed by atoms with van der Waals surface area (Å²) in [7, 11) is 1.66. The third-order valence-corrected chi connectivity index (χ3v) is 4.48. The van der Waals surface area contributed by atoms with E-state index in [0.717, 1.165) is 28.2 Å². The molecule has 3 rings (SSSR count). The Morgan fingerprint density at radius 3 is 2.57 bits per heavy atom. The van der Waals surface area contributed by atoms with Crippen molar-refractivity contribution in [2.24, 2.45) is 5.10 Å². The SMILES string of the molecule is COc1ccccc1CN/N=C\c1cc(Cl)ccc1OCc1ccc(C)cc1. The number of halogens is 1. The molecule has 0 atom stereocenters. The maximum atomic E-state index is 6.15. The molecule has 0 saturated heterocycles. The van der Waals surface area contributed by atoms with Crippen molar-refractivity contribution in [3.05, 3.63) is 94.0 Å². The van der Waals surface area contributed by atoms with Crippen LogP contribution < -0.4 is 14.9 Å². The van der Waals surface area contributed by atoms with Gasteiger partial charge >= 0.3 is 0 Å². The van der Waals surface area contributed by atoms with E-state index >= 15 is 0 Å². The summed E-state index contributed by atoms with van der Waals surface area (Å²) in [6.07, 6.45) is 1.71. The van der Waals surface area contributed by atoms with Crippen LogP contribution in [0.15, 0.2) is 71.8 Å². The Bertz CT molecular complexity index is 940. The van der Waals surface area contributed by atoms with E-state index in [9.17, 15) is 0 Å². The van der Waals surface area contributed by atoms with Crippen molar-refractivity contribution < 1.29 is 9.47 Å². The van der Waals surface area contributed by atoms with Crippen molar-refractivity contribution in [1.29, 1.82) is 0 Å². The number of ether oxygens (including phenoxy) is 2. The quantitative estimate of drug-likeness (QED) is 0.413. The first kappa shape index (κ1) is 19.8. The van der Waals surface area contributed by atoms with Gasteiger partial charge in [-0.25, -0.2) is 0 Å². The summed E-state index contributed by atoms with van der Waals surface area (Å²) in [6.45, 7) is 3.11. The topological polar surface area (TPSA) is 42.8 Å². The van der Waals surface area contributed by atoms with Gasteiger partial charge in [-0.15, -0.1) is 0 Å². The van der Waals surface area contributed by atoms with Gasteiger partial charge in [0, 0.05) is 16.1 Å². The zero-order valence-electron chi connectivity index (χ0n) is 16.0. The first-order valence-electron chi connectivity index (χ1n) is 9.01. The van der Waals surface area contributed by atoms with Crippen molar-refractivity contribution in [3.63, 3.8) is 0 Å². The summed E-state index contributed by atoms with van der Waals surface area (Å²) < 4.78 is 11.3. The molecule has 0 unspecified atom stereocenters. The van der Waals surface area contributed by atoms with Crippen LogP contribution in [0.3, 0.4) is 0 Å². The fourth-order valence-electron chi connectivity index (χ4n) is 2.69. The Morgan fingerprint density at radius 1 is 1.00 bits per heavy atom. The normalized spacial score (nSPS) is 10.8. The minimum Gasteiger partial charge on any atom is -0.496 e. The van der Waals surface area contributed by atoms with Gasteiger partial charge in [0.25, 0.3) is 0 Å². The lowest BCUT2D eigenvalue weighted by Gasteiger charge is -2.10. The maximum Gasteiger partial charge on any atom is 0.128 e. The lowest BCUT2D eigenvalue weighted by atomic mass is 10.1. The Kier molecular flexibility index (Phi) is 6.93. The van der Waals surface area contributed by atoms with E-state index < -0.39 is 0 Å². The predicted octanol–water partition coefficient (Wildman–Crippen LogP) is 5.36. The Labute approximate surface area is 170 Å². The van der Waals surface area contributed by atoms with Crippen LogP contribution in [0.25, 0.3) is 0 Å². The summed E-state index contributed by atoms with van der Waals surface area (Å²) >= 11 is 6.15. The minimum absolute atomic E-state index is 0.484. The van der Waals surface area contributed by atoms with Crippen LogP contribution in [0.1, 0.15) is 22.3 Å². The third-order valence-electron chi connectivity index (χ3n) is 4.24. The molecular formula is C23H23ClN2O2. The number of nitrogens with one attached hydrogen (secondary N) is 1. The Hall–Kier alpha value is -2.98. The average molecular weight is 395 g/mol. The number of hydrogen-bond acceptors (Lipinski definition) is 4. The van der Waals surface area contributed by atoms with E-state index in [2.05, 4.69) is 41.7 Å². The van der Waals surface area contributed by atoms with E-state index in [0.29, 0.717) is 18.2 Å². The highest BCUT2D eigenvalue weighted by Gasteiger charge is 2.04. The number of methoxy groups -OCH3 is 1. The first-order chi connectivity index (χ1) is 13.7. The number of rotatable bonds is 8. The van der Waals surface area contributed by atoms with E-state index in [-0.39, 0.29) is 0 Å². The molecule has 0 radical (unpaired) electrons. The minimum atomic E-state index is 0.484. The highest BCUT2D eigenvalue weighted by Crippen LogP contribution is 2.23. The van der Waals surface area contributed by atoms with Gasteiger partial charge in [-0.2, -0.15) is 5.10 Å². The van der Waals surface area contributed by atoms with Gasteiger partial charge in [-0.3, -0.25) is 0 Å². The Morgan fingerprint density at radius 2 is 1.79 bits per heavy atom. The van der Waals surface area contributed by atoms with Crippen LogP contribution in [0, 0.1) is 6.92 Å².